The Kier molecular flexibility index (Phi) is 4.98. The molecular weight excluding hydrogens is 256 g/mol. The lowest BCUT2D eigenvalue weighted by atomic mass is 10.1. The molecule has 2 unspecified atom stereocenters. The SMILES string of the molecule is COc1ccc([C@H](C)NC(=O)C2CCC(CN)O2)cc1. The van der Waals surface area contributed by atoms with Gasteiger partial charge in [0, 0.05) is 6.54 Å². The average Bonchev–Trinajstić information content (AvgIpc) is 2.96. The van der Waals surface area contributed by atoms with Crippen LogP contribution in [-0.4, -0.2) is 31.8 Å². The molecule has 1 aromatic carbocycles. The zero-order chi connectivity index (χ0) is 14.5. The highest BCUT2D eigenvalue weighted by molar-refractivity contribution is 5.81. The molecule has 5 heteroatoms. The number of ether oxygens (including phenoxy) is 2. The minimum absolute atomic E-state index is 0.0158. The zero-order valence-electron chi connectivity index (χ0n) is 12.0. The number of benzene rings is 1. The van der Waals surface area contributed by atoms with Gasteiger partial charge in [-0.3, -0.25) is 4.79 Å². The fourth-order valence-corrected chi connectivity index (χ4v) is 2.35. The summed E-state index contributed by atoms with van der Waals surface area (Å²) >= 11 is 0. The number of hydrogen-bond donors (Lipinski definition) is 2. The number of nitrogens with two attached hydrogens (primary N) is 1. The van der Waals surface area contributed by atoms with Gasteiger partial charge in [0.25, 0.3) is 0 Å². The maximum atomic E-state index is 12.1. The summed E-state index contributed by atoms with van der Waals surface area (Å²) in [6.45, 7) is 2.42. The van der Waals surface area contributed by atoms with Crippen molar-refractivity contribution in [3.8, 4) is 5.75 Å². The van der Waals surface area contributed by atoms with Crippen LogP contribution in [0.4, 0.5) is 0 Å². The summed E-state index contributed by atoms with van der Waals surface area (Å²) in [5.41, 5.74) is 6.58. The molecule has 2 rings (SSSR count). The fourth-order valence-electron chi connectivity index (χ4n) is 2.35. The molecule has 1 aliphatic rings. The van der Waals surface area contributed by atoms with Crippen LogP contribution in [0, 0.1) is 0 Å². The summed E-state index contributed by atoms with van der Waals surface area (Å²) < 4.78 is 10.7. The number of rotatable bonds is 5. The molecule has 0 aliphatic carbocycles. The van der Waals surface area contributed by atoms with Crippen molar-refractivity contribution >= 4 is 5.91 Å². The van der Waals surface area contributed by atoms with E-state index in [4.69, 9.17) is 15.2 Å². The molecule has 0 spiro atoms. The molecule has 5 nitrogen and oxygen atoms in total. The Bertz CT molecular complexity index is 447. The number of hydrogen-bond acceptors (Lipinski definition) is 4. The average molecular weight is 278 g/mol. The molecule has 0 aromatic heterocycles. The van der Waals surface area contributed by atoms with Gasteiger partial charge in [0.1, 0.15) is 11.9 Å². The van der Waals surface area contributed by atoms with Crippen molar-refractivity contribution in [1.82, 2.24) is 5.32 Å². The summed E-state index contributed by atoms with van der Waals surface area (Å²) in [4.78, 5) is 12.1. The number of methoxy groups -OCH3 is 1. The first-order valence-electron chi connectivity index (χ1n) is 6.94. The van der Waals surface area contributed by atoms with Crippen LogP contribution < -0.4 is 15.8 Å². The van der Waals surface area contributed by atoms with E-state index in [-0.39, 0.29) is 24.2 Å². The molecular formula is C15H22N2O3. The fraction of sp³-hybridized carbons (Fsp3) is 0.533. The third kappa shape index (κ3) is 3.49. The Balaban J connectivity index is 1.90. The highest BCUT2D eigenvalue weighted by atomic mass is 16.5. The van der Waals surface area contributed by atoms with Gasteiger partial charge >= 0.3 is 0 Å². The maximum absolute atomic E-state index is 12.1. The standard InChI is InChI=1S/C15H22N2O3/c1-10(11-3-5-12(19-2)6-4-11)17-15(18)14-8-7-13(9-16)20-14/h3-6,10,13-14H,7-9,16H2,1-2H3,(H,17,18)/t10-,13?,14?/m0/s1. The topological polar surface area (TPSA) is 73.6 Å². The van der Waals surface area contributed by atoms with Crippen LogP contribution in [0.2, 0.25) is 0 Å². The molecule has 0 radical (unpaired) electrons. The first-order valence-corrected chi connectivity index (χ1v) is 6.94. The van der Waals surface area contributed by atoms with Crippen LogP contribution in [0.25, 0.3) is 0 Å². The van der Waals surface area contributed by atoms with Gasteiger partial charge in [0.15, 0.2) is 0 Å². The summed E-state index contributed by atoms with van der Waals surface area (Å²) in [6.07, 6.45) is 1.24. The number of carbonyl (C=O) groups is 1. The monoisotopic (exact) mass is 278 g/mol. The molecule has 3 atom stereocenters. The van der Waals surface area contributed by atoms with Crippen LogP contribution in [0.5, 0.6) is 5.75 Å². The van der Waals surface area contributed by atoms with Gasteiger partial charge in [-0.25, -0.2) is 0 Å². The largest absolute Gasteiger partial charge is 0.497 e. The smallest absolute Gasteiger partial charge is 0.249 e. The summed E-state index contributed by atoms with van der Waals surface area (Å²) in [5.74, 6) is 0.737. The lowest BCUT2D eigenvalue weighted by Crippen LogP contribution is -2.36. The van der Waals surface area contributed by atoms with Crippen LogP contribution in [0.3, 0.4) is 0 Å². The van der Waals surface area contributed by atoms with Crippen LogP contribution in [-0.2, 0) is 9.53 Å². The molecule has 0 bridgehead atoms. The highest BCUT2D eigenvalue weighted by Crippen LogP contribution is 2.21. The number of nitrogens with one attached hydrogen (secondary N) is 1. The predicted octanol–water partition coefficient (Wildman–Crippen LogP) is 1.38. The molecule has 1 amide bonds. The third-order valence-corrected chi connectivity index (χ3v) is 3.64. The van der Waals surface area contributed by atoms with Crippen LogP contribution in [0.15, 0.2) is 24.3 Å². The van der Waals surface area contributed by atoms with Gasteiger partial charge in [-0.2, -0.15) is 0 Å². The normalized spacial score (nSPS) is 23.4. The van der Waals surface area contributed by atoms with E-state index in [2.05, 4.69) is 5.32 Å². The minimum atomic E-state index is -0.371. The van der Waals surface area contributed by atoms with Crippen LogP contribution in [0.1, 0.15) is 31.4 Å². The first-order chi connectivity index (χ1) is 9.63. The number of amides is 1. The van der Waals surface area contributed by atoms with Gasteiger partial charge in [-0.1, -0.05) is 12.1 Å². The van der Waals surface area contributed by atoms with Crippen molar-refractivity contribution in [3.05, 3.63) is 29.8 Å². The van der Waals surface area contributed by atoms with E-state index in [9.17, 15) is 4.79 Å². The van der Waals surface area contributed by atoms with E-state index in [0.717, 1.165) is 24.2 Å². The van der Waals surface area contributed by atoms with E-state index in [1.807, 2.05) is 31.2 Å². The lowest BCUT2D eigenvalue weighted by Gasteiger charge is -2.18. The predicted molar refractivity (Wildman–Crippen MR) is 76.5 cm³/mol. The van der Waals surface area contributed by atoms with Gasteiger partial charge in [-0.05, 0) is 37.5 Å². The molecule has 1 saturated heterocycles. The second-order valence-electron chi connectivity index (χ2n) is 5.06. The number of carbonyl (C=O) groups excluding carboxylic acids is 1. The summed E-state index contributed by atoms with van der Waals surface area (Å²) in [5, 5.41) is 2.97. The van der Waals surface area contributed by atoms with Crippen LogP contribution >= 0.6 is 0 Å². The van der Waals surface area contributed by atoms with E-state index in [1.165, 1.54) is 0 Å². The van der Waals surface area contributed by atoms with E-state index in [0.29, 0.717) is 6.54 Å². The third-order valence-electron chi connectivity index (χ3n) is 3.64. The molecule has 20 heavy (non-hydrogen) atoms. The molecule has 1 aromatic rings. The highest BCUT2D eigenvalue weighted by Gasteiger charge is 2.30. The Morgan fingerprint density at radius 2 is 2.15 bits per heavy atom. The van der Waals surface area contributed by atoms with Crippen molar-refractivity contribution < 1.29 is 14.3 Å². The van der Waals surface area contributed by atoms with Crippen molar-refractivity contribution in [3.63, 3.8) is 0 Å². The van der Waals surface area contributed by atoms with Gasteiger partial charge in [0.05, 0.1) is 19.3 Å². The second kappa shape index (κ2) is 6.72. The van der Waals surface area contributed by atoms with E-state index >= 15 is 0 Å². The molecule has 3 N–H and O–H groups in total. The van der Waals surface area contributed by atoms with E-state index < -0.39 is 0 Å². The lowest BCUT2D eigenvalue weighted by molar-refractivity contribution is -0.132. The Morgan fingerprint density at radius 3 is 2.70 bits per heavy atom. The molecule has 1 heterocycles. The summed E-state index contributed by atoms with van der Waals surface area (Å²) in [7, 11) is 1.63. The van der Waals surface area contributed by atoms with Crippen molar-refractivity contribution in [2.24, 2.45) is 5.73 Å². The maximum Gasteiger partial charge on any atom is 0.249 e. The van der Waals surface area contributed by atoms with Gasteiger partial charge in [0.2, 0.25) is 5.91 Å². The minimum Gasteiger partial charge on any atom is -0.497 e. The molecule has 1 aliphatic heterocycles. The Morgan fingerprint density at radius 1 is 1.45 bits per heavy atom. The Hall–Kier alpha value is -1.59. The van der Waals surface area contributed by atoms with Gasteiger partial charge < -0.3 is 20.5 Å². The van der Waals surface area contributed by atoms with Crippen molar-refractivity contribution in [1.29, 1.82) is 0 Å². The van der Waals surface area contributed by atoms with Crippen molar-refractivity contribution in [2.75, 3.05) is 13.7 Å². The second-order valence-corrected chi connectivity index (χ2v) is 5.06. The summed E-state index contributed by atoms with van der Waals surface area (Å²) in [6, 6.07) is 7.60. The Labute approximate surface area is 119 Å². The first kappa shape index (κ1) is 14.8. The van der Waals surface area contributed by atoms with Crippen molar-refractivity contribution in [2.45, 2.75) is 38.0 Å². The van der Waals surface area contributed by atoms with E-state index in [1.54, 1.807) is 7.11 Å². The molecule has 110 valence electrons. The zero-order valence-corrected chi connectivity index (χ0v) is 12.0. The quantitative estimate of drug-likeness (QED) is 0.853. The van der Waals surface area contributed by atoms with Gasteiger partial charge in [-0.15, -0.1) is 0 Å². The molecule has 0 saturated carbocycles. The molecule has 1 fully saturated rings.